The maximum atomic E-state index is 6.06. The van der Waals surface area contributed by atoms with E-state index in [-0.39, 0.29) is 15.9 Å². The maximum absolute atomic E-state index is 6.06. The second-order valence-electron chi connectivity index (χ2n) is 7.87. The number of nitrogens with zero attached hydrogens (tertiary/aromatic N) is 10. The Hall–Kier alpha value is -1.83. The third-order valence-electron chi connectivity index (χ3n) is 5.53. The minimum Gasteiger partial charge on any atom is -0.378 e. The van der Waals surface area contributed by atoms with Crippen LogP contribution in [-0.2, 0) is 9.47 Å². The van der Waals surface area contributed by atoms with Crippen LogP contribution in [0.15, 0.2) is 0 Å². The van der Waals surface area contributed by atoms with Crippen LogP contribution < -0.4 is 14.7 Å². The summed E-state index contributed by atoms with van der Waals surface area (Å²) in [4.78, 5) is 33.3. The highest BCUT2D eigenvalue weighted by atomic mass is 35.5. The number of halogens is 3. The number of ether oxygens (including phenoxy) is 2. The summed E-state index contributed by atoms with van der Waals surface area (Å²) in [5.74, 6) is 1.85. The second kappa shape index (κ2) is 12.2. The third kappa shape index (κ3) is 7.09. The van der Waals surface area contributed by atoms with Gasteiger partial charge in [-0.25, -0.2) is 0 Å². The van der Waals surface area contributed by atoms with E-state index in [1.165, 1.54) is 0 Å². The number of aromatic nitrogens is 6. The number of morpholine rings is 2. The van der Waals surface area contributed by atoms with Gasteiger partial charge in [0.25, 0.3) is 0 Å². The zero-order valence-corrected chi connectivity index (χ0v) is 21.2. The van der Waals surface area contributed by atoms with Crippen LogP contribution in [0.25, 0.3) is 0 Å². The molecule has 3 aliphatic heterocycles. The molecule has 2 aromatic rings. The number of piperazine rings is 1. The Morgan fingerprint density at radius 3 is 1.29 bits per heavy atom. The van der Waals surface area contributed by atoms with E-state index in [0.29, 0.717) is 44.3 Å². The summed E-state index contributed by atoms with van der Waals surface area (Å²) < 4.78 is 10.6. The molecule has 0 spiro atoms. The Kier molecular flexibility index (Phi) is 9.09. The van der Waals surface area contributed by atoms with Gasteiger partial charge in [0, 0.05) is 52.4 Å². The van der Waals surface area contributed by atoms with Gasteiger partial charge in [0.05, 0.1) is 26.4 Å². The molecule has 5 rings (SSSR count). The average molecular weight is 534 g/mol. The molecular weight excluding hydrogens is 507 g/mol. The van der Waals surface area contributed by atoms with Crippen LogP contribution in [0.3, 0.4) is 0 Å². The number of likely N-dealkylation sites (N-methyl/N-ethyl adjacent to an activating group) is 1. The van der Waals surface area contributed by atoms with Gasteiger partial charge in [-0.2, -0.15) is 29.9 Å². The first-order valence-electron chi connectivity index (χ1n) is 11.1. The Bertz CT molecular complexity index is 918. The van der Waals surface area contributed by atoms with E-state index in [1.807, 2.05) is 4.90 Å². The van der Waals surface area contributed by atoms with Crippen molar-refractivity contribution in [2.24, 2.45) is 0 Å². The van der Waals surface area contributed by atoms with Crippen LogP contribution in [0.1, 0.15) is 0 Å². The lowest BCUT2D eigenvalue weighted by Crippen LogP contribution is -2.45. The van der Waals surface area contributed by atoms with Crippen molar-refractivity contribution in [2.45, 2.75) is 0 Å². The molecule has 0 unspecified atom stereocenters. The molecule has 34 heavy (non-hydrogen) atoms. The molecular formula is C19H27Cl3N10O2. The van der Waals surface area contributed by atoms with E-state index >= 15 is 0 Å². The molecule has 186 valence electrons. The van der Waals surface area contributed by atoms with Gasteiger partial charge in [-0.3, -0.25) is 0 Å². The third-order valence-corrected chi connectivity index (χ3v) is 6.03. The summed E-state index contributed by atoms with van der Waals surface area (Å²) in [7, 11) is 2.12. The summed E-state index contributed by atoms with van der Waals surface area (Å²) in [5.41, 5.74) is 0. The van der Waals surface area contributed by atoms with Crippen molar-refractivity contribution >= 4 is 52.6 Å². The van der Waals surface area contributed by atoms with Crippen LogP contribution in [0.2, 0.25) is 15.9 Å². The lowest BCUT2D eigenvalue weighted by atomic mass is 10.3. The molecule has 15 heteroatoms. The minimum atomic E-state index is 0.117. The first-order chi connectivity index (χ1) is 16.5. The summed E-state index contributed by atoms with van der Waals surface area (Å²) in [6.07, 6.45) is 0. The quantitative estimate of drug-likeness (QED) is 0.564. The Morgan fingerprint density at radius 2 is 0.853 bits per heavy atom. The number of hydrogen-bond acceptors (Lipinski definition) is 12. The molecule has 0 radical (unpaired) electrons. The first-order valence-corrected chi connectivity index (χ1v) is 12.2. The van der Waals surface area contributed by atoms with Crippen molar-refractivity contribution in [1.82, 2.24) is 34.8 Å². The minimum absolute atomic E-state index is 0.117. The summed E-state index contributed by atoms with van der Waals surface area (Å²) in [6, 6.07) is 0. The van der Waals surface area contributed by atoms with E-state index in [0.717, 1.165) is 52.4 Å². The smallest absolute Gasteiger partial charge is 0.231 e. The molecule has 0 bridgehead atoms. The molecule has 0 atom stereocenters. The van der Waals surface area contributed by atoms with Gasteiger partial charge >= 0.3 is 0 Å². The topological polar surface area (TPSA) is 109 Å². The predicted octanol–water partition coefficient (Wildman–Crippen LogP) is 1.13. The molecule has 2 aromatic heterocycles. The summed E-state index contributed by atoms with van der Waals surface area (Å²) in [6.45, 7) is 9.67. The van der Waals surface area contributed by atoms with Crippen molar-refractivity contribution in [3.05, 3.63) is 15.9 Å². The lowest BCUT2D eigenvalue weighted by Gasteiger charge is -2.33. The van der Waals surface area contributed by atoms with Gasteiger partial charge in [0.2, 0.25) is 33.7 Å². The molecule has 0 N–H and O–H groups in total. The molecule has 0 saturated carbocycles. The van der Waals surface area contributed by atoms with Crippen molar-refractivity contribution in [1.29, 1.82) is 0 Å². The molecule has 0 amide bonds. The Morgan fingerprint density at radius 1 is 0.500 bits per heavy atom. The fourth-order valence-corrected chi connectivity index (χ4v) is 4.11. The van der Waals surface area contributed by atoms with Gasteiger partial charge in [-0.05, 0) is 41.9 Å². The van der Waals surface area contributed by atoms with Gasteiger partial charge < -0.3 is 29.1 Å². The number of anilines is 3. The van der Waals surface area contributed by atoms with Gasteiger partial charge in [-0.1, -0.05) is 0 Å². The highest BCUT2D eigenvalue weighted by Crippen LogP contribution is 2.19. The fraction of sp³-hybridized carbons (Fsp3) is 0.684. The van der Waals surface area contributed by atoms with E-state index in [1.54, 1.807) is 0 Å². The van der Waals surface area contributed by atoms with E-state index in [2.05, 4.69) is 51.7 Å². The Labute approximate surface area is 213 Å². The molecule has 0 aromatic carbocycles. The first kappa shape index (κ1) is 25.3. The van der Waals surface area contributed by atoms with Gasteiger partial charge in [0.15, 0.2) is 0 Å². The largest absolute Gasteiger partial charge is 0.378 e. The normalized spacial score (nSPS) is 19.6. The SMILES string of the molecule is CN1CCN(c2nc(Cl)nc(N3CCOCC3)n2)CC1.Clc1nc(Cl)nc(N2CCOCC2)n1. The van der Waals surface area contributed by atoms with Crippen LogP contribution in [0, 0.1) is 0 Å². The molecule has 3 aliphatic rings. The molecule has 0 aliphatic carbocycles. The second-order valence-corrected chi connectivity index (χ2v) is 8.88. The fourth-order valence-electron chi connectivity index (χ4n) is 3.60. The van der Waals surface area contributed by atoms with Crippen molar-refractivity contribution in [3.8, 4) is 0 Å². The van der Waals surface area contributed by atoms with Gasteiger partial charge in [0.1, 0.15) is 0 Å². The Balaban J connectivity index is 0.000000172. The number of hydrogen-bond donors (Lipinski definition) is 0. The maximum Gasteiger partial charge on any atom is 0.231 e. The standard InChI is InChI=1S/C12H19ClN6O.C7H8Cl2N4O/c1-17-2-4-18(5-3-17)11-14-10(13)15-12(16-11)19-6-8-20-9-7-19;8-5-10-6(9)12-7(11-5)13-1-3-14-4-2-13/h2-9H2,1H3;1-4H2. The van der Waals surface area contributed by atoms with E-state index < -0.39 is 0 Å². The van der Waals surface area contributed by atoms with E-state index in [4.69, 9.17) is 44.3 Å². The van der Waals surface area contributed by atoms with Crippen LogP contribution in [-0.4, -0.2) is 121 Å². The zero-order chi connectivity index (χ0) is 23.9. The molecule has 12 nitrogen and oxygen atoms in total. The van der Waals surface area contributed by atoms with Crippen LogP contribution >= 0.6 is 34.8 Å². The predicted molar refractivity (Wildman–Crippen MR) is 130 cm³/mol. The number of rotatable bonds is 3. The molecule has 5 heterocycles. The van der Waals surface area contributed by atoms with Crippen molar-refractivity contribution < 1.29 is 9.47 Å². The highest BCUT2D eigenvalue weighted by Gasteiger charge is 2.21. The average Bonchev–Trinajstić information content (AvgIpc) is 2.85. The van der Waals surface area contributed by atoms with Crippen LogP contribution in [0.5, 0.6) is 0 Å². The monoisotopic (exact) mass is 532 g/mol. The van der Waals surface area contributed by atoms with Crippen molar-refractivity contribution in [3.63, 3.8) is 0 Å². The van der Waals surface area contributed by atoms with Crippen molar-refractivity contribution in [2.75, 3.05) is 101 Å². The van der Waals surface area contributed by atoms with E-state index in [9.17, 15) is 0 Å². The van der Waals surface area contributed by atoms with Crippen LogP contribution in [0.4, 0.5) is 17.8 Å². The highest BCUT2D eigenvalue weighted by molar-refractivity contribution is 6.31. The zero-order valence-electron chi connectivity index (χ0n) is 18.9. The summed E-state index contributed by atoms with van der Waals surface area (Å²) in [5, 5.41) is 0.494. The van der Waals surface area contributed by atoms with Gasteiger partial charge in [-0.15, -0.1) is 0 Å². The summed E-state index contributed by atoms with van der Waals surface area (Å²) >= 11 is 17.4. The molecule has 3 fully saturated rings. The molecule has 3 saturated heterocycles. The lowest BCUT2D eigenvalue weighted by molar-refractivity contribution is 0.122.